The van der Waals surface area contributed by atoms with Gasteiger partial charge in [0.2, 0.25) is 0 Å². The van der Waals surface area contributed by atoms with Gasteiger partial charge in [0.1, 0.15) is 11.9 Å². The van der Waals surface area contributed by atoms with Gasteiger partial charge in [0.25, 0.3) is 0 Å². The van der Waals surface area contributed by atoms with Crippen LogP contribution < -0.4 is 0 Å². The van der Waals surface area contributed by atoms with Gasteiger partial charge in [-0.05, 0) is 37.5 Å². The van der Waals surface area contributed by atoms with E-state index >= 15 is 0 Å². The monoisotopic (exact) mass is 240 g/mol. The van der Waals surface area contributed by atoms with Gasteiger partial charge >= 0.3 is 6.16 Å². The lowest BCUT2D eigenvalue weighted by molar-refractivity contribution is -0.0225. The SMILES string of the molecule is C=C(C)OC(=O)OC1CC(C)CCC1C(C)C. The number of rotatable bonds is 3. The zero-order valence-corrected chi connectivity index (χ0v) is 11.4. The summed E-state index contributed by atoms with van der Waals surface area (Å²) in [4.78, 5) is 11.5. The number of ether oxygens (including phenoxy) is 2. The minimum Gasteiger partial charge on any atom is -0.430 e. The van der Waals surface area contributed by atoms with Gasteiger partial charge < -0.3 is 9.47 Å². The molecule has 3 heteroatoms. The van der Waals surface area contributed by atoms with Gasteiger partial charge in [0, 0.05) is 0 Å². The average molecular weight is 240 g/mol. The molecule has 1 fully saturated rings. The van der Waals surface area contributed by atoms with Crippen LogP contribution in [0.5, 0.6) is 0 Å². The molecule has 1 aliphatic rings. The van der Waals surface area contributed by atoms with E-state index in [4.69, 9.17) is 9.47 Å². The van der Waals surface area contributed by atoms with Crippen LogP contribution in [0.4, 0.5) is 4.79 Å². The summed E-state index contributed by atoms with van der Waals surface area (Å²) in [7, 11) is 0. The molecular weight excluding hydrogens is 216 g/mol. The summed E-state index contributed by atoms with van der Waals surface area (Å²) in [6.07, 6.45) is 2.67. The molecule has 1 rings (SSSR count). The molecule has 1 aliphatic carbocycles. The fraction of sp³-hybridized carbons (Fsp3) is 0.786. The van der Waals surface area contributed by atoms with Gasteiger partial charge in [-0.25, -0.2) is 4.79 Å². The highest BCUT2D eigenvalue weighted by atomic mass is 16.7. The Hall–Kier alpha value is -0.990. The Bertz CT molecular complexity index is 283. The maximum absolute atomic E-state index is 11.5. The van der Waals surface area contributed by atoms with Crippen molar-refractivity contribution >= 4 is 6.16 Å². The Labute approximate surface area is 104 Å². The molecule has 3 atom stereocenters. The number of allylic oxidation sites excluding steroid dienone is 1. The van der Waals surface area contributed by atoms with Crippen molar-refractivity contribution in [3.8, 4) is 0 Å². The van der Waals surface area contributed by atoms with Gasteiger partial charge in [0.15, 0.2) is 0 Å². The van der Waals surface area contributed by atoms with Crippen LogP contribution in [0.1, 0.15) is 47.0 Å². The Kier molecular flexibility index (Phi) is 5.03. The molecule has 1 saturated carbocycles. The topological polar surface area (TPSA) is 35.5 Å². The second-order valence-corrected chi connectivity index (χ2v) is 5.54. The van der Waals surface area contributed by atoms with E-state index in [0.717, 1.165) is 12.8 Å². The van der Waals surface area contributed by atoms with Crippen LogP contribution in [0.15, 0.2) is 12.3 Å². The lowest BCUT2D eigenvalue weighted by Crippen LogP contribution is -2.35. The van der Waals surface area contributed by atoms with Gasteiger partial charge in [0.05, 0.1) is 0 Å². The van der Waals surface area contributed by atoms with Crippen molar-refractivity contribution in [1.82, 2.24) is 0 Å². The number of carbonyl (C=O) groups is 1. The summed E-state index contributed by atoms with van der Waals surface area (Å²) in [6, 6.07) is 0. The number of carbonyl (C=O) groups excluding carboxylic acids is 1. The first-order valence-corrected chi connectivity index (χ1v) is 6.44. The second-order valence-electron chi connectivity index (χ2n) is 5.54. The molecule has 98 valence electrons. The molecule has 3 nitrogen and oxygen atoms in total. The van der Waals surface area contributed by atoms with Crippen molar-refractivity contribution in [2.45, 2.75) is 53.1 Å². The van der Waals surface area contributed by atoms with E-state index < -0.39 is 6.16 Å². The van der Waals surface area contributed by atoms with Gasteiger partial charge in [-0.1, -0.05) is 33.8 Å². The Morgan fingerprint density at radius 2 is 2.00 bits per heavy atom. The molecule has 0 bridgehead atoms. The second kappa shape index (κ2) is 6.08. The van der Waals surface area contributed by atoms with Crippen molar-refractivity contribution in [2.75, 3.05) is 0 Å². The molecule has 17 heavy (non-hydrogen) atoms. The van der Waals surface area contributed by atoms with E-state index in [9.17, 15) is 4.79 Å². The maximum Gasteiger partial charge on any atom is 0.513 e. The van der Waals surface area contributed by atoms with Crippen molar-refractivity contribution < 1.29 is 14.3 Å². The third-order valence-electron chi connectivity index (χ3n) is 3.47. The van der Waals surface area contributed by atoms with Crippen LogP contribution in [0.3, 0.4) is 0 Å². The first-order valence-electron chi connectivity index (χ1n) is 6.44. The summed E-state index contributed by atoms with van der Waals surface area (Å²) in [5.41, 5.74) is 0. The molecule has 0 spiro atoms. The van der Waals surface area contributed by atoms with Crippen molar-refractivity contribution in [3.05, 3.63) is 12.3 Å². The first kappa shape index (κ1) is 14.1. The molecule has 0 aromatic rings. The predicted molar refractivity (Wildman–Crippen MR) is 67.5 cm³/mol. The highest BCUT2D eigenvalue weighted by molar-refractivity contribution is 5.61. The van der Waals surface area contributed by atoms with Crippen molar-refractivity contribution in [3.63, 3.8) is 0 Å². The highest BCUT2D eigenvalue weighted by Gasteiger charge is 2.33. The van der Waals surface area contributed by atoms with Gasteiger partial charge in [-0.15, -0.1) is 0 Å². The molecule has 0 aromatic heterocycles. The van der Waals surface area contributed by atoms with E-state index in [1.54, 1.807) is 6.92 Å². The van der Waals surface area contributed by atoms with Crippen molar-refractivity contribution in [1.29, 1.82) is 0 Å². The summed E-state index contributed by atoms with van der Waals surface area (Å²) >= 11 is 0. The van der Waals surface area contributed by atoms with Gasteiger partial charge in [-0.3, -0.25) is 0 Å². The molecule has 0 N–H and O–H groups in total. The molecule has 0 amide bonds. The largest absolute Gasteiger partial charge is 0.513 e. The fourth-order valence-corrected chi connectivity index (χ4v) is 2.54. The van der Waals surface area contributed by atoms with E-state index in [1.807, 2.05) is 0 Å². The van der Waals surface area contributed by atoms with Crippen LogP contribution in [-0.4, -0.2) is 12.3 Å². The Morgan fingerprint density at radius 3 is 2.53 bits per heavy atom. The van der Waals surface area contributed by atoms with E-state index in [1.165, 1.54) is 6.42 Å². The van der Waals surface area contributed by atoms with Gasteiger partial charge in [-0.2, -0.15) is 0 Å². The molecule has 0 aromatic carbocycles. The highest BCUT2D eigenvalue weighted by Crippen LogP contribution is 2.35. The Morgan fingerprint density at radius 1 is 1.35 bits per heavy atom. The third-order valence-corrected chi connectivity index (χ3v) is 3.47. The van der Waals surface area contributed by atoms with E-state index in [-0.39, 0.29) is 6.10 Å². The molecule has 0 heterocycles. The van der Waals surface area contributed by atoms with Crippen LogP contribution in [0, 0.1) is 17.8 Å². The maximum atomic E-state index is 11.5. The molecule has 0 radical (unpaired) electrons. The molecule has 3 unspecified atom stereocenters. The van der Waals surface area contributed by atoms with Crippen LogP contribution in [0.2, 0.25) is 0 Å². The first-order chi connectivity index (χ1) is 7.90. The quantitative estimate of drug-likeness (QED) is 0.549. The van der Waals surface area contributed by atoms with Crippen LogP contribution >= 0.6 is 0 Å². The lowest BCUT2D eigenvalue weighted by atomic mass is 9.75. The third kappa shape index (κ3) is 4.41. The van der Waals surface area contributed by atoms with Crippen LogP contribution in [0.25, 0.3) is 0 Å². The molecule has 0 aliphatic heterocycles. The fourth-order valence-electron chi connectivity index (χ4n) is 2.54. The zero-order chi connectivity index (χ0) is 13.0. The van der Waals surface area contributed by atoms with Crippen LogP contribution in [-0.2, 0) is 9.47 Å². The lowest BCUT2D eigenvalue weighted by Gasteiger charge is -2.36. The summed E-state index contributed by atoms with van der Waals surface area (Å²) in [5, 5.41) is 0. The van der Waals surface area contributed by atoms with Crippen molar-refractivity contribution in [2.24, 2.45) is 17.8 Å². The zero-order valence-electron chi connectivity index (χ0n) is 11.4. The smallest absolute Gasteiger partial charge is 0.430 e. The molecule has 0 saturated heterocycles. The van der Waals surface area contributed by atoms with E-state index in [0.29, 0.717) is 23.5 Å². The number of hydrogen-bond acceptors (Lipinski definition) is 3. The summed E-state index contributed by atoms with van der Waals surface area (Å²) in [5.74, 6) is 1.97. The predicted octanol–water partition coefficient (Wildman–Crippen LogP) is 4.13. The van der Waals surface area contributed by atoms with E-state index in [2.05, 4.69) is 27.4 Å². The standard InChI is InChI=1S/C14H24O3/c1-9(2)12-7-6-11(5)8-13(12)17-14(15)16-10(3)4/h9,11-13H,3,6-8H2,1-2,4-5H3. The Balaban J connectivity index is 2.57. The summed E-state index contributed by atoms with van der Waals surface area (Å²) < 4.78 is 10.3. The number of hydrogen-bond donors (Lipinski definition) is 0. The minimum atomic E-state index is -0.609. The molecular formula is C14H24O3. The minimum absolute atomic E-state index is 0.00870. The normalized spacial score (nSPS) is 28.9. The summed E-state index contributed by atoms with van der Waals surface area (Å²) in [6.45, 7) is 11.7. The average Bonchev–Trinajstić information content (AvgIpc) is 2.15.